The number of nitroso groups, excluding NO2 is 1. The first-order chi connectivity index (χ1) is 9.11. The summed E-state index contributed by atoms with van der Waals surface area (Å²) in [6.07, 6.45) is 0. The molecular weight excluding hydrogens is 244 g/mol. The van der Waals surface area contributed by atoms with E-state index >= 15 is 0 Å². The molecule has 19 heavy (non-hydrogen) atoms. The maximum Gasteiger partial charge on any atom is 0.269 e. The third kappa shape index (κ3) is 2.82. The Bertz CT molecular complexity index is 591. The van der Waals surface area contributed by atoms with E-state index in [-0.39, 0.29) is 5.69 Å². The number of hydrogen-bond acceptors (Lipinski definition) is 4. The third-order valence-corrected chi connectivity index (χ3v) is 2.92. The second-order valence-electron chi connectivity index (χ2n) is 4.27. The van der Waals surface area contributed by atoms with Crippen molar-refractivity contribution in [3.8, 4) is 0 Å². The molecule has 96 valence electrons. The number of rotatable bonds is 4. The maximum absolute atomic E-state index is 11.0. The minimum Gasteiger partial charge on any atom is -0.258 e. The van der Waals surface area contributed by atoms with Gasteiger partial charge in [0, 0.05) is 12.1 Å². The lowest BCUT2D eigenvalue weighted by Crippen LogP contribution is -1.98. The molecule has 0 spiro atoms. The number of nitrogens with zero attached hydrogens (tertiary/aromatic N) is 2. The van der Waals surface area contributed by atoms with Crippen molar-refractivity contribution in [1.82, 2.24) is 0 Å². The van der Waals surface area contributed by atoms with E-state index in [4.69, 9.17) is 0 Å². The average molecular weight is 256 g/mol. The summed E-state index contributed by atoms with van der Waals surface area (Å²) in [5, 5.41) is 13.7. The van der Waals surface area contributed by atoms with E-state index in [1.54, 1.807) is 12.1 Å². The molecule has 1 unspecified atom stereocenters. The zero-order valence-corrected chi connectivity index (χ0v) is 10.3. The monoisotopic (exact) mass is 256 g/mol. The van der Waals surface area contributed by atoms with Crippen LogP contribution >= 0.6 is 0 Å². The Labute approximate surface area is 110 Å². The second kappa shape index (κ2) is 5.39. The predicted octanol–water partition coefficient (Wildman–Crippen LogP) is 3.76. The van der Waals surface area contributed by atoms with Crippen molar-refractivity contribution in [2.45, 2.75) is 13.0 Å². The maximum atomic E-state index is 11.0. The van der Waals surface area contributed by atoms with Gasteiger partial charge in [0.2, 0.25) is 0 Å². The van der Waals surface area contributed by atoms with Gasteiger partial charge in [-0.3, -0.25) is 10.1 Å². The van der Waals surface area contributed by atoms with E-state index in [1.807, 2.05) is 31.2 Å². The van der Waals surface area contributed by atoms with Crippen LogP contribution in [0.3, 0.4) is 0 Å². The van der Waals surface area contributed by atoms with Crippen LogP contribution in [-0.2, 0) is 0 Å². The summed E-state index contributed by atoms with van der Waals surface area (Å²) in [6.45, 7) is 1.96. The molecular formula is C14H12N2O3. The molecule has 2 aromatic rings. The Kier molecular flexibility index (Phi) is 3.66. The summed E-state index contributed by atoms with van der Waals surface area (Å²) in [7, 11) is 0. The van der Waals surface area contributed by atoms with E-state index in [2.05, 4.69) is 5.18 Å². The lowest BCUT2D eigenvalue weighted by atomic mass is 9.98. The van der Waals surface area contributed by atoms with Gasteiger partial charge in [0.25, 0.3) is 5.69 Å². The van der Waals surface area contributed by atoms with Crippen molar-refractivity contribution >= 4 is 5.69 Å². The van der Waals surface area contributed by atoms with Crippen molar-refractivity contribution in [1.29, 1.82) is 0 Å². The lowest BCUT2D eigenvalue weighted by Gasteiger charge is -2.09. The molecule has 0 saturated carbocycles. The molecule has 0 bridgehead atoms. The molecule has 2 rings (SSSR count). The van der Waals surface area contributed by atoms with E-state index in [9.17, 15) is 15.0 Å². The van der Waals surface area contributed by atoms with Gasteiger partial charge in [-0.2, -0.15) is 0 Å². The van der Waals surface area contributed by atoms with Gasteiger partial charge in [-0.05, 0) is 30.2 Å². The summed E-state index contributed by atoms with van der Waals surface area (Å²) in [5.74, 6) is 0. The van der Waals surface area contributed by atoms with Gasteiger partial charge in [-0.15, -0.1) is 4.91 Å². The van der Waals surface area contributed by atoms with Crippen LogP contribution < -0.4 is 0 Å². The Morgan fingerprint density at radius 3 is 1.89 bits per heavy atom. The Hall–Kier alpha value is -2.56. The number of hydrogen-bond donors (Lipinski definition) is 0. The molecule has 0 heterocycles. The smallest absolute Gasteiger partial charge is 0.258 e. The summed E-state index contributed by atoms with van der Waals surface area (Å²) < 4.78 is 0. The number of nitro groups is 1. The lowest BCUT2D eigenvalue weighted by molar-refractivity contribution is -0.384. The number of nitro benzene ring substituents is 1. The molecule has 0 radical (unpaired) electrons. The molecule has 0 N–H and O–H groups in total. The van der Waals surface area contributed by atoms with Crippen LogP contribution in [0.15, 0.2) is 53.7 Å². The predicted molar refractivity (Wildman–Crippen MR) is 71.9 cm³/mol. The van der Waals surface area contributed by atoms with Gasteiger partial charge in [0.1, 0.15) is 6.04 Å². The normalized spacial score (nSPS) is 11.8. The fourth-order valence-corrected chi connectivity index (χ4v) is 1.84. The molecule has 5 nitrogen and oxygen atoms in total. The molecule has 2 aromatic carbocycles. The summed E-state index contributed by atoms with van der Waals surface area (Å²) in [5.41, 5.74) is 2.51. The first-order valence-corrected chi connectivity index (χ1v) is 5.75. The Morgan fingerprint density at radius 1 is 1.00 bits per heavy atom. The van der Waals surface area contributed by atoms with Crippen LogP contribution in [0.5, 0.6) is 0 Å². The highest BCUT2D eigenvalue weighted by atomic mass is 16.6. The standard InChI is InChI=1S/C14H12N2O3/c1-10-2-4-11(5-3-10)14(15-17)12-6-8-13(9-7-12)16(18)19/h2-9,14H,1H3. The highest BCUT2D eigenvalue weighted by Crippen LogP contribution is 2.27. The minimum absolute atomic E-state index is 0.00250. The van der Waals surface area contributed by atoms with Gasteiger partial charge in [-0.25, -0.2) is 0 Å². The average Bonchev–Trinajstić information content (AvgIpc) is 2.42. The topological polar surface area (TPSA) is 72.6 Å². The summed E-state index contributed by atoms with van der Waals surface area (Å²) in [4.78, 5) is 21.1. The van der Waals surface area contributed by atoms with Crippen molar-refractivity contribution in [2.75, 3.05) is 0 Å². The van der Waals surface area contributed by atoms with E-state index < -0.39 is 11.0 Å². The van der Waals surface area contributed by atoms with Crippen LogP contribution in [0.2, 0.25) is 0 Å². The van der Waals surface area contributed by atoms with E-state index in [1.165, 1.54) is 12.1 Å². The van der Waals surface area contributed by atoms with Crippen LogP contribution in [0.1, 0.15) is 22.7 Å². The molecule has 0 aliphatic rings. The fraction of sp³-hybridized carbons (Fsp3) is 0.143. The minimum atomic E-state index is -0.638. The van der Waals surface area contributed by atoms with Crippen LogP contribution in [0.4, 0.5) is 5.69 Å². The van der Waals surface area contributed by atoms with Crippen LogP contribution in [0, 0.1) is 21.9 Å². The summed E-state index contributed by atoms with van der Waals surface area (Å²) in [6, 6.07) is 12.7. The van der Waals surface area contributed by atoms with Crippen LogP contribution in [0.25, 0.3) is 0 Å². The van der Waals surface area contributed by atoms with Crippen molar-refractivity contribution in [3.05, 3.63) is 80.2 Å². The highest BCUT2D eigenvalue weighted by Gasteiger charge is 2.15. The zero-order chi connectivity index (χ0) is 13.8. The van der Waals surface area contributed by atoms with Crippen molar-refractivity contribution in [2.24, 2.45) is 5.18 Å². The highest BCUT2D eigenvalue weighted by molar-refractivity contribution is 5.39. The van der Waals surface area contributed by atoms with Gasteiger partial charge in [0.15, 0.2) is 0 Å². The van der Waals surface area contributed by atoms with Crippen molar-refractivity contribution < 1.29 is 4.92 Å². The second-order valence-corrected chi connectivity index (χ2v) is 4.27. The van der Waals surface area contributed by atoms with Crippen molar-refractivity contribution in [3.63, 3.8) is 0 Å². The molecule has 0 aliphatic heterocycles. The quantitative estimate of drug-likeness (QED) is 0.475. The molecule has 0 aliphatic carbocycles. The third-order valence-electron chi connectivity index (χ3n) is 2.92. The molecule has 1 atom stereocenters. The van der Waals surface area contributed by atoms with E-state index in [0.717, 1.165) is 11.1 Å². The number of non-ortho nitro benzene ring substituents is 1. The molecule has 5 heteroatoms. The Balaban J connectivity index is 2.34. The van der Waals surface area contributed by atoms with Gasteiger partial charge >= 0.3 is 0 Å². The number of benzene rings is 2. The number of aryl methyl sites for hydroxylation is 1. The first-order valence-electron chi connectivity index (χ1n) is 5.75. The first kappa shape index (κ1) is 12.9. The van der Waals surface area contributed by atoms with E-state index in [0.29, 0.717) is 5.56 Å². The largest absolute Gasteiger partial charge is 0.269 e. The van der Waals surface area contributed by atoms with Gasteiger partial charge in [-0.1, -0.05) is 35.0 Å². The summed E-state index contributed by atoms with van der Waals surface area (Å²) >= 11 is 0. The molecule has 0 amide bonds. The molecule has 0 fully saturated rings. The molecule has 0 aromatic heterocycles. The SMILES string of the molecule is Cc1ccc(C(N=O)c2ccc([N+](=O)[O-])cc2)cc1. The van der Waals surface area contributed by atoms with Crippen LogP contribution in [-0.4, -0.2) is 4.92 Å². The zero-order valence-electron chi connectivity index (χ0n) is 10.3. The molecule has 0 saturated heterocycles. The van der Waals surface area contributed by atoms with Gasteiger partial charge in [0.05, 0.1) is 4.92 Å². The van der Waals surface area contributed by atoms with Gasteiger partial charge < -0.3 is 0 Å². The Morgan fingerprint density at radius 2 is 1.47 bits per heavy atom. The fourth-order valence-electron chi connectivity index (χ4n) is 1.84.